The molecule has 2 aromatic heterocycles. The number of halogens is 1. The van der Waals surface area contributed by atoms with Crippen LogP contribution in [0.25, 0.3) is 22.4 Å². The topological polar surface area (TPSA) is 84.7 Å². The molecule has 2 heterocycles. The summed E-state index contributed by atoms with van der Waals surface area (Å²) in [5.41, 5.74) is 0.988. The number of fused-ring (bicyclic) bond motifs is 1. The standard InChI is InChI=1S/C11H7ClN4O2/c1-5-7-4-6(12)2-3-8(7)18-11(17)9(5)10-13-15-16-14-10/h2-4H,1H3,(H,13,14,15,16). The molecule has 0 aliphatic carbocycles. The minimum Gasteiger partial charge on any atom is -0.422 e. The largest absolute Gasteiger partial charge is 0.422 e. The van der Waals surface area contributed by atoms with E-state index in [1.807, 2.05) is 0 Å². The van der Waals surface area contributed by atoms with Gasteiger partial charge in [-0.3, -0.25) is 0 Å². The molecule has 0 aliphatic rings. The predicted octanol–water partition coefficient (Wildman–Crippen LogP) is 1.93. The van der Waals surface area contributed by atoms with Crippen molar-refractivity contribution >= 4 is 22.6 Å². The Balaban J connectivity index is 2.43. The third kappa shape index (κ3) is 1.58. The second kappa shape index (κ2) is 3.92. The van der Waals surface area contributed by atoms with E-state index in [1.54, 1.807) is 25.1 Å². The van der Waals surface area contributed by atoms with Gasteiger partial charge in [-0.25, -0.2) is 4.79 Å². The van der Waals surface area contributed by atoms with Crippen molar-refractivity contribution < 1.29 is 4.42 Å². The van der Waals surface area contributed by atoms with Crippen molar-refractivity contribution in [3.8, 4) is 11.4 Å². The number of nitrogens with one attached hydrogen (secondary N) is 1. The van der Waals surface area contributed by atoms with Crippen molar-refractivity contribution in [2.45, 2.75) is 6.92 Å². The van der Waals surface area contributed by atoms with Crippen LogP contribution in [0.4, 0.5) is 0 Å². The van der Waals surface area contributed by atoms with Crippen molar-refractivity contribution in [2.75, 3.05) is 0 Å². The third-order valence-corrected chi connectivity index (χ3v) is 2.93. The molecule has 0 saturated carbocycles. The maximum atomic E-state index is 11.9. The SMILES string of the molecule is Cc1c(-c2nn[nH]n2)c(=O)oc2ccc(Cl)cc12. The van der Waals surface area contributed by atoms with Crippen LogP contribution in [0.2, 0.25) is 5.02 Å². The molecule has 90 valence electrons. The van der Waals surface area contributed by atoms with Gasteiger partial charge in [-0.05, 0) is 35.9 Å². The average molecular weight is 263 g/mol. The molecule has 1 N–H and O–H groups in total. The van der Waals surface area contributed by atoms with Crippen LogP contribution in [-0.4, -0.2) is 20.6 Å². The van der Waals surface area contributed by atoms with E-state index < -0.39 is 5.63 Å². The summed E-state index contributed by atoms with van der Waals surface area (Å²) in [4.78, 5) is 11.9. The molecule has 18 heavy (non-hydrogen) atoms. The number of tetrazole rings is 1. The quantitative estimate of drug-likeness (QED) is 0.678. The van der Waals surface area contributed by atoms with Crippen molar-refractivity contribution in [3.63, 3.8) is 0 Å². The van der Waals surface area contributed by atoms with Gasteiger partial charge in [0, 0.05) is 10.4 Å². The zero-order valence-corrected chi connectivity index (χ0v) is 10.0. The van der Waals surface area contributed by atoms with E-state index in [2.05, 4.69) is 20.6 Å². The second-order valence-electron chi connectivity index (χ2n) is 3.77. The molecule has 0 radical (unpaired) electrons. The molecule has 0 amide bonds. The number of hydrogen-bond donors (Lipinski definition) is 1. The third-order valence-electron chi connectivity index (χ3n) is 2.70. The summed E-state index contributed by atoms with van der Waals surface area (Å²) >= 11 is 5.94. The molecule has 0 saturated heterocycles. The zero-order valence-electron chi connectivity index (χ0n) is 9.27. The maximum Gasteiger partial charge on any atom is 0.347 e. The summed E-state index contributed by atoms with van der Waals surface area (Å²) in [5.74, 6) is 0.211. The van der Waals surface area contributed by atoms with Crippen LogP contribution in [0, 0.1) is 6.92 Å². The van der Waals surface area contributed by atoms with Gasteiger partial charge >= 0.3 is 5.63 Å². The molecule has 3 rings (SSSR count). The molecule has 1 aromatic carbocycles. The van der Waals surface area contributed by atoms with Gasteiger partial charge in [0.25, 0.3) is 0 Å². The smallest absolute Gasteiger partial charge is 0.347 e. The predicted molar refractivity (Wildman–Crippen MR) is 65.4 cm³/mol. The zero-order chi connectivity index (χ0) is 12.7. The Hall–Kier alpha value is -2.21. The lowest BCUT2D eigenvalue weighted by Gasteiger charge is -2.04. The highest BCUT2D eigenvalue weighted by molar-refractivity contribution is 6.31. The van der Waals surface area contributed by atoms with Gasteiger partial charge in [0.1, 0.15) is 11.1 Å². The summed E-state index contributed by atoms with van der Waals surface area (Å²) in [5, 5.41) is 14.7. The fraction of sp³-hybridized carbons (Fsp3) is 0.0909. The number of H-pyrrole nitrogens is 1. The molecule has 3 aromatic rings. The molecular weight excluding hydrogens is 256 g/mol. The van der Waals surface area contributed by atoms with Crippen molar-refractivity contribution in [1.82, 2.24) is 20.6 Å². The van der Waals surface area contributed by atoms with E-state index in [1.165, 1.54) is 0 Å². The lowest BCUT2D eigenvalue weighted by molar-refractivity contribution is 0.561. The van der Waals surface area contributed by atoms with E-state index in [0.29, 0.717) is 21.7 Å². The maximum absolute atomic E-state index is 11.9. The van der Waals surface area contributed by atoms with Crippen LogP contribution < -0.4 is 5.63 Å². The first-order valence-corrected chi connectivity index (χ1v) is 5.51. The number of aromatic nitrogens is 4. The van der Waals surface area contributed by atoms with Crippen LogP contribution in [-0.2, 0) is 0 Å². The molecule has 0 bridgehead atoms. The number of hydrogen-bond acceptors (Lipinski definition) is 5. The number of nitrogens with zero attached hydrogens (tertiary/aromatic N) is 3. The lowest BCUT2D eigenvalue weighted by Crippen LogP contribution is -2.07. The normalized spacial score (nSPS) is 11.0. The summed E-state index contributed by atoms with van der Waals surface area (Å²) in [7, 11) is 0. The first-order chi connectivity index (χ1) is 8.66. The van der Waals surface area contributed by atoms with Gasteiger partial charge in [-0.2, -0.15) is 5.21 Å². The van der Waals surface area contributed by atoms with E-state index in [0.717, 1.165) is 5.39 Å². The van der Waals surface area contributed by atoms with Crippen molar-refractivity contribution in [1.29, 1.82) is 0 Å². The summed E-state index contributed by atoms with van der Waals surface area (Å²) in [6, 6.07) is 5.06. The van der Waals surface area contributed by atoms with Gasteiger partial charge in [0.15, 0.2) is 0 Å². The van der Waals surface area contributed by atoms with Crippen LogP contribution in [0.3, 0.4) is 0 Å². The van der Waals surface area contributed by atoms with Crippen LogP contribution in [0.15, 0.2) is 27.4 Å². The van der Waals surface area contributed by atoms with E-state index >= 15 is 0 Å². The highest BCUT2D eigenvalue weighted by Crippen LogP contribution is 2.26. The highest BCUT2D eigenvalue weighted by atomic mass is 35.5. The summed E-state index contributed by atoms with van der Waals surface area (Å²) in [6.45, 7) is 1.79. The van der Waals surface area contributed by atoms with Crippen molar-refractivity contribution in [2.24, 2.45) is 0 Å². The van der Waals surface area contributed by atoms with Gasteiger partial charge in [0.05, 0.1) is 0 Å². The highest BCUT2D eigenvalue weighted by Gasteiger charge is 2.16. The molecule has 0 aliphatic heterocycles. The number of aromatic amines is 1. The Labute approximate surface area is 106 Å². The number of rotatable bonds is 1. The second-order valence-corrected chi connectivity index (χ2v) is 4.20. The molecule has 0 unspecified atom stereocenters. The Kier molecular flexibility index (Phi) is 2.38. The van der Waals surface area contributed by atoms with Gasteiger partial charge in [0.2, 0.25) is 5.82 Å². The molecule has 7 heteroatoms. The van der Waals surface area contributed by atoms with Crippen LogP contribution in [0.5, 0.6) is 0 Å². The number of aryl methyl sites for hydroxylation is 1. The van der Waals surface area contributed by atoms with Gasteiger partial charge < -0.3 is 4.42 Å². The van der Waals surface area contributed by atoms with Gasteiger partial charge in [-0.1, -0.05) is 11.6 Å². The first-order valence-electron chi connectivity index (χ1n) is 5.13. The summed E-state index contributed by atoms with van der Waals surface area (Å²) in [6.07, 6.45) is 0. The minimum atomic E-state index is -0.497. The molecule has 0 fully saturated rings. The summed E-state index contributed by atoms with van der Waals surface area (Å²) < 4.78 is 5.22. The fourth-order valence-electron chi connectivity index (χ4n) is 1.85. The Morgan fingerprint density at radius 2 is 2.22 bits per heavy atom. The minimum absolute atomic E-state index is 0.211. The van der Waals surface area contributed by atoms with Crippen LogP contribution >= 0.6 is 11.6 Å². The average Bonchev–Trinajstić information content (AvgIpc) is 2.84. The monoisotopic (exact) mass is 262 g/mol. The molecule has 0 atom stereocenters. The van der Waals surface area contributed by atoms with E-state index in [4.69, 9.17) is 16.0 Å². The van der Waals surface area contributed by atoms with E-state index in [-0.39, 0.29) is 5.82 Å². The molecular formula is C11H7ClN4O2. The lowest BCUT2D eigenvalue weighted by atomic mass is 10.1. The number of benzene rings is 1. The van der Waals surface area contributed by atoms with E-state index in [9.17, 15) is 4.79 Å². The Morgan fingerprint density at radius 3 is 2.94 bits per heavy atom. The fourth-order valence-corrected chi connectivity index (χ4v) is 2.02. The Bertz CT molecular complexity index is 780. The Morgan fingerprint density at radius 1 is 1.39 bits per heavy atom. The first kappa shape index (κ1) is 10.9. The van der Waals surface area contributed by atoms with Crippen LogP contribution in [0.1, 0.15) is 5.56 Å². The molecule has 0 spiro atoms. The van der Waals surface area contributed by atoms with Gasteiger partial charge in [-0.15, -0.1) is 10.2 Å². The molecule has 6 nitrogen and oxygen atoms in total. The van der Waals surface area contributed by atoms with Crippen molar-refractivity contribution in [3.05, 3.63) is 39.2 Å².